The number of benzene rings is 1. The zero-order valence-electron chi connectivity index (χ0n) is 17.8. The van der Waals surface area contributed by atoms with Gasteiger partial charge in [-0.25, -0.2) is 0 Å². The molecule has 0 aromatic heterocycles. The maximum atomic E-state index is 11.9. The predicted octanol–water partition coefficient (Wildman–Crippen LogP) is 2.37. The summed E-state index contributed by atoms with van der Waals surface area (Å²) in [5.41, 5.74) is -0.279. The monoisotopic (exact) mass is 450 g/mol. The second-order valence-corrected chi connectivity index (χ2v) is 8.98. The molecule has 3 saturated heterocycles. The van der Waals surface area contributed by atoms with Crippen LogP contribution in [-0.4, -0.2) is 58.2 Å². The minimum absolute atomic E-state index is 0.199. The molecule has 0 spiro atoms. The van der Waals surface area contributed by atoms with E-state index in [1.165, 1.54) is 24.3 Å². The zero-order valence-corrected chi connectivity index (χ0v) is 17.8. The second kappa shape index (κ2) is 6.93. The molecule has 4 heterocycles. The first-order valence-electron chi connectivity index (χ1n) is 10.1. The molecule has 12 heteroatoms. The van der Waals surface area contributed by atoms with Crippen LogP contribution in [0.2, 0.25) is 0 Å². The van der Waals surface area contributed by atoms with Gasteiger partial charge in [-0.05, 0) is 33.8 Å². The molecule has 3 fully saturated rings. The van der Waals surface area contributed by atoms with Crippen LogP contribution >= 0.6 is 0 Å². The normalized spacial score (nSPS) is 36.3. The van der Waals surface area contributed by atoms with Crippen molar-refractivity contribution in [1.82, 2.24) is 0 Å². The van der Waals surface area contributed by atoms with Crippen LogP contribution in [0, 0.1) is 20.2 Å². The molecule has 4 aliphatic rings. The third-order valence-electron chi connectivity index (χ3n) is 5.75. The van der Waals surface area contributed by atoms with Crippen LogP contribution in [-0.2, 0) is 23.7 Å². The summed E-state index contributed by atoms with van der Waals surface area (Å²) in [4.78, 5) is 21.9. The summed E-state index contributed by atoms with van der Waals surface area (Å²) >= 11 is 0. The summed E-state index contributed by atoms with van der Waals surface area (Å²) in [5, 5.41) is 23.0. The van der Waals surface area contributed by atoms with Crippen LogP contribution in [0.25, 0.3) is 6.08 Å². The Labute approximate surface area is 182 Å². The molecule has 0 saturated carbocycles. The van der Waals surface area contributed by atoms with E-state index in [9.17, 15) is 20.2 Å². The quantitative estimate of drug-likeness (QED) is 0.497. The fraction of sp³-hybridized carbons (Fsp3) is 0.600. The molecular weight excluding hydrogens is 428 g/mol. The third kappa shape index (κ3) is 3.44. The van der Waals surface area contributed by atoms with Crippen LogP contribution in [0.3, 0.4) is 0 Å². The lowest BCUT2D eigenvalue weighted by Gasteiger charge is -2.40. The van der Waals surface area contributed by atoms with Crippen molar-refractivity contribution in [2.24, 2.45) is 0 Å². The molecule has 12 nitrogen and oxygen atoms in total. The summed E-state index contributed by atoms with van der Waals surface area (Å²) in [6.45, 7) is 6.95. The van der Waals surface area contributed by atoms with E-state index in [2.05, 4.69) is 0 Å². The highest BCUT2D eigenvalue weighted by molar-refractivity contribution is 5.64. The van der Waals surface area contributed by atoms with Crippen LogP contribution < -0.4 is 4.74 Å². The summed E-state index contributed by atoms with van der Waals surface area (Å²) < 4.78 is 36.0. The van der Waals surface area contributed by atoms with Crippen molar-refractivity contribution in [2.75, 3.05) is 0 Å². The number of non-ortho nitro benzene ring substituents is 1. The Morgan fingerprint density at radius 3 is 2.12 bits per heavy atom. The number of fused-ring (bicyclic) bond motifs is 4. The summed E-state index contributed by atoms with van der Waals surface area (Å²) in [5.74, 6) is -1.66. The number of rotatable bonds is 3. The Morgan fingerprint density at radius 2 is 1.47 bits per heavy atom. The van der Waals surface area contributed by atoms with Crippen LogP contribution in [0.15, 0.2) is 23.9 Å². The van der Waals surface area contributed by atoms with E-state index in [0.717, 1.165) is 0 Å². The van der Waals surface area contributed by atoms with Gasteiger partial charge >= 0.3 is 0 Å². The average Bonchev–Trinajstić information content (AvgIpc) is 3.19. The molecule has 1 aromatic carbocycles. The van der Waals surface area contributed by atoms with Gasteiger partial charge < -0.3 is 28.4 Å². The smallest absolute Gasteiger partial charge is 0.290 e. The van der Waals surface area contributed by atoms with Gasteiger partial charge in [-0.1, -0.05) is 0 Å². The number of nitro groups is 2. The zero-order chi connectivity index (χ0) is 23.0. The molecule has 172 valence electrons. The van der Waals surface area contributed by atoms with E-state index in [1.54, 1.807) is 27.7 Å². The highest BCUT2D eigenvalue weighted by atomic mass is 16.9. The first-order valence-corrected chi connectivity index (χ1v) is 10.1. The molecule has 0 bridgehead atoms. The highest BCUT2D eigenvalue weighted by Crippen LogP contribution is 2.46. The van der Waals surface area contributed by atoms with Crippen LogP contribution in [0.5, 0.6) is 5.75 Å². The first kappa shape index (κ1) is 21.2. The van der Waals surface area contributed by atoms with Crippen molar-refractivity contribution in [3.8, 4) is 5.75 Å². The fourth-order valence-electron chi connectivity index (χ4n) is 4.59. The average molecular weight is 450 g/mol. The van der Waals surface area contributed by atoms with Crippen molar-refractivity contribution in [2.45, 2.75) is 76.1 Å². The molecule has 32 heavy (non-hydrogen) atoms. The lowest BCUT2D eigenvalue weighted by molar-refractivity contribution is -0.438. The van der Waals surface area contributed by atoms with Gasteiger partial charge in [0.2, 0.25) is 6.10 Å². The third-order valence-corrected chi connectivity index (χ3v) is 5.75. The molecule has 0 N–H and O–H groups in total. The highest BCUT2D eigenvalue weighted by Gasteiger charge is 2.63. The van der Waals surface area contributed by atoms with Gasteiger partial charge in [0.1, 0.15) is 30.2 Å². The molecule has 0 radical (unpaired) electrons. The summed E-state index contributed by atoms with van der Waals surface area (Å²) in [7, 11) is 0. The van der Waals surface area contributed by atoms with Gasteiger partial charge in [-0.3, -0.25) is 20.2 Å². The second-order valence-electron chi connectivity index (χ2n) is 8.98. The van der Waals surface area contributed by atoms with Gasteiger partial charge in [0.25, 0.3) is 11.4 Å². The van der Waals surface area contributed by atoms with Crippen molar-refractivity contribution in [3.05, 3.63) is 49.7 Å². The number of hydrogen-bond donors (Lipinski definition) is 0. The van der Waals surface area contributed by atoms with Gasteiger partial charge in [-0.15, -0.1) is 0 Å². The topological polar surface area (TPSA) is 142 Å². The van der Waals surface area contributed by atoms with E-state index >= 15 is 0 Å². The molecule has 0 unspecified atom stereocenters. The molecular formula is C20H22N2O10. The summed E-state index contributed by atoms with van der Waals surface area (Å²) in [6, 6.07) is 3.91. The number of nitro benzene ring substituents is 1. The van der Waals surface area contributed by atoms with Crippen molar-refractivity contribution < 1.29 is 38.3 Å². The lowest BCUT2D eigenvalue weighted by atomic mass is 9.92. The van der Waals surface area contributed by atoms with E-state index in [-0.39, 0.29) is 22.7 Å². The molecule has 0 aliphatic carbocycles. The number of hydrogen-bond acceptors (Lipinski definition) is 10. The molecule has 4 aliphatic heterocycles. The van der Waals surface area contributed by atoms with E-state index in [1.807, 2.05) is 0 Å². The largest absolute Gasteiger partial charge is 0.476 e. The Kier molecular flexibility index (Phi) is 4.59. The first-order chi connectivity index (χ1) is 14.9. The molecule has 6 atom stereocenters. The van der Waals surface area contributed by atoms with Crippen molar-refractivity contribution in [3.63, 3.8) is 0 Å². The standard InChI is InChI=1S/C20H22N2O10/c1-19(2)29-15-14(28-18-17(16(15)30-19)31-20(3,4)32-18)13-11(22(25)26)8-9-7-10(21(23)24)5-6-12(9)27-13/h5-8,13-18H,1-4H3/t13-,14-,15+,16+,17-,18-/m1/s1. The van der Waals surface area contributed by atoms with E-state index < -0.39 is 58.2 Å². The van der Waals surface area contributed by atoms with Crippen molar-refractivity contribution >= 4 is 11.8 Å². The van der Waals surface area contributed by atoms with E-state index in [4.69, 9.17) is 28.4 Å². The Hall–Kier alpha value is -2.64. The van der Waals surface area contributed by atoms with Gasteiger partial charge in [0.05, 0.1) is 9.85 Å². The van der Waals surface area contributed by atoms with E-state index in [0.29, 0.717) is 0 Å². The van der Waals surface area contributed by atoms with Gasteiger partial charge in [0.15, 0.2) is 17.9 Å². The van der Waals surface area contributed by atoms with Gasteiger partial charge in [0, 0.05) is 23.8 Å². The maximum Gasteiger partial charge on any atom is 0.290 e. The Bertz CT molecular complexity index is 1020. The minimum atomic E-state index is -1.17. The predicted molar refractivity (Wildman–Crippen MR) is 105 cm³/mol. The summed E-state index contributed by atoms with van der Waals surface area (Å²) in [6.07, 6.45) is -3.64. The minimum Gasteiger partial charge on any atom is -0.476 e. The molecule has 1 aromatic rings. The fourth-order valence-corrected chi connectivity index (χ4v) is 4.59. The lowest BCUT2D eigenvalue weighted by Crippen LogP contribution is -2.60. The number of nitrogens with zero attached hydrogens (tertiary/aromatic N) is 2. The van der Waals surface area contributed by atoms with Crippen LogP contribution in [0.4, 0.5) is 5.69 Å². The number of ether oxygens (including phenoxy) is 6. The van der Waals surface area contributed by atoms with Gasteiger partial charge in [-0.2, -0.15) is 0 Å². The van der Waals surface area contributed by atoms with Crippen LogP contribution in [0.1, 0.15) is 33.3 Å². The maximum absolute atomic E-state index is 11.9. The SMILES string of the molecule is CC1(C)O[C@@H]2[C@H](O1)[C@H]1OC(C)(C)O[C@H]1O[C@@H]2[C@@H]1Oc2ccc([N+](=O)[O-])cc2C=C1[N+](=O)[O-]. The Balaban J connectivity index is 1.53. The molecule has 0 amide bonds. The van der Waals surface area contributed by atoms with Crippen molar-refractivity contribution in [1.29, 1.82) is 0 Å². The molecule has 5 rings (SSSR count). The Morgan fingerprint density at radius 1 is 0.844 bits per heavy atom.